The molecular formula is C18H15N3O2. The van der Waals surface area contributed by atoms with E-state index in [4.69, 9.17) is 0 Å². The molecule has 0 aliphatic rings. The standard InChI is InChI=1S/C18H15N3O2/c1-14-9-10-15(12-18(14)21(22)23)19-13-17-8-5-11-20(17)16-6-3-2-4-7-16/h2-13H,1H3. The molecule has 3 rings (SSSR count). The van der Waals surface area contributed by atoms with Crippen LogP contribution in [0.15, 0.2) is 71.9 Å². The second kappa shape index (κ2) is 6.27. The molecule has 0 fully saturated rings. The van der Waals surface area contributed by atoms with Crippen molar-refractivity contribution >= 4 is 17.6 Å². The Hall–Kier alpha value is -3.21. The summed E-state index contributed by atoms with van der Waals surface area (Å²) in [4.78, 5) is 15.0. The largest absolute Gasteiger partial charge is 0.316 e. The minimum Gasteiger partial charge on any atom is -0.316 e. The molecule has 0 N–H and O–H groups in total. The van der Waals surface area contributed by atoms with E-state index in [2.05, 4.69) is 4.99 Å². The van der Waals surface area contributed by atoms with Crippen molar-refractivity contribution in [2.75, 3.05) is 0 Å². The van der Waals surface area contributed by atoms with Crippen molar-refractivity contribution in [3.63, 3.8) is 0 Å². The van der Waals surface area contributed by atoms with Crippen LogP contribution >= 0.6 is 0 Å². The third-order valence-corrected chi connectivity index (χ3v) is 3.55. The number of nitro groups is 1. The van der Waals surface area contributed by atoms with Crippen LogP contribution in [0.5, 0.6) is 0 Å². The average molecular weight is 305 g/mol. The highest BCUT2D eigenvalue weighted by Crippen LogP contribution is 2.24. The first kappa shape index (κ1) is 14.7. The molecule has 114 valence electrons. The van der Waals surface area contributed by atoms with E-state index in [-0.39, 0.29) is 10.6 Å². The van der Waals surface area contributed by atoms with E-state index in [1.165, 1.54) is 6.07 Å². The lowest BCUT2D eigenvalue weighted by Crippen LogP contribution is -1.97. The lowest BCUT2D eigenvalue weighted by molar-refractivity contribution is -0.385. The van der Waals surface area contributed by atoms with Crippen LogP contribution in [0, 0.1) is 17.0 Å². The number of nitro benzene ring substituents is 1. The molecule has 0 aliphatic carbocycles. The predicted molar refractivity (Wildman–Crippen MR) is 90.9 cm³/mol. The van der Waals surface area contributed by atoms with Crippen molar-refractivity contribution in [1.82, 2.24) is 4.57 Å². The van der Waals surface area contributed by atoms with Crippen LogP contribution in [0.4, 0.5) is 11.4 Å². The molecule has 0 saturated carbocycles. The van der Waals surface area contributed by atoms with Crippen molar-refractivity contribution in [2.24, 2.45) is 4.99 Å². The molecule has 1 aromatic heterocycles. The minimum atomic E-state index is -0.388. The second-order valence-corrected chi connectivity index (χ2v) is 5.12. The second-order valence-electron chi connectivity index (χ2n) is 5.12. The Kier molecular flexibility index (Phi) is 4.01. The fourth-order valence-corrected chi connectivity index (χ4v) is 2.34. The number of benzene rings is 2. The lowest BCUT2D eigenvalue weighted by atomic mass is 10.2. The van der Waals surface area contributed by atoms with Gasteiger partial charge in [0.25, 0.3) is 5.69 Å². The molecule has 0 unspecified atom stereocenters. The van der Waals surface area contributed by atoms with Gasteiger partial charge in [-0.25, -0.2) is 0 Å². The molecule has 0 aliphatic heterocycles. The van der Waals surface area contributed by atoms with Gasteiger partial charge in [-0.3, -0.25) is 15.1 Å². The SMILES string of the molecule is Cc1ccc(N=Cc2cccn2-c2ccccc2)cc1[N+](=O)[O-]. The highest BCUT2D eigenvalue weighted by atomic mass is 16.6. The number of hydrogen-bond acceptors (Lipinski definition) is 3. The Bertz CT molecular complexity index is 867. The van der Waals surface area contributed by atoms with Crippen molar-refractivity contribution in [3.05, 3.63) is 88.2 Å². The van der Waals surface area contributed by atoms with Gasteiger partial charge in [0, 0.05) is 23.5 Å². The van der Waals surface area contributed by atoms with Crippen LogP contribution in [0.2, 0.25) is 0 Å². The first-order valence-corrected chi connectivity index (χ1v) is 7.17. The van der Waals surface area contributed by atoms with Crippen LogP contribution in [0.3, 0.4) is 0 Å². The molecule has 0 saturated heterocycles. The summed E-state index contributed by atoms with van der Waals surface area (Å²) in [5, 5.41) is 11.0. The summed E-state index contributed by atoms with van der Waals surface area (Å²) >= 11 is 0. The maximum atomic E-state index is 11.0. The van der Waals surface area contributed by atoms with E-state index in [0.29, 0.717) is 11.3 Å². The molecular weight excluding hydrogens is 290 g/mol. The van der Waals surface area contributed by atoms with E-state index in [1.807, 2.05) is 53.2 Å². The molecule has 1 heterocycles. The van der Waals surface area contributed by atoms with Crippen LogP contribution < -0.4 is 0 Å². The quantitative estimate of drug-likeness (QED) is 0.406. The molecule has 3 aromatic rings. The predicted octanol–water partition coefficient (Wildman–Crippen LogP) is 4.44. The van der Waals surface area contributed by atoms with Gasteiger partial charge >= 0.3 is 0 Å². The Morgan fingerprint density at radius 2 is 1.87 bits per heavy atom. The van der Waals surface area contributed by atoms with Crippen molar-refractivity contribution < 1.29 is 4.92 Å². The Balaban J connectivity index is 1.92. The van der Waals surface area contributed by atoms with Crippen LogP contribution in [0.1, 0.15) is 11.3 Å². The van der Waals surface area contributed by atoms with E-state index in [0.717, 1.165) is 11.4 Å². The maximum absolute atomic E-state index is 11.0. The average Bonchev–Trinajstić information content (AvgIpc) is 3.03. The van der Waals surface area contributed by atoms with Crippen LogP contribution in [0.25, 0.3) is 5.69 Å². The molecule has 0 radical (unpaired) electrons. The van der Waals surface area contributed by atoms with Gasteiger partial charge in [0.15, 0.2) is 0 Å². The normalized spacial score (nSPS) is 11.0. The molecule has 0 bridgehead atoms. The van der Waals surface area contributed by atoms with Gasteiger partial charge < -0.3 is 4.57 Å². The molecule has 23 heavy (non-hydrogen) atoms. The Labute approximate surface area is 133 Å². The number of aryl methyl sites for hydroxylation is 1. The van der Waals surface area contributed by atoms with Crippen LogP contribution in [-0.2, 0) is 0 Å². The molecule has 0 atom stereocenters. The fraction of sp³-hybridized carbons (Fsp3) is 0.0556. The summed E-state index contributed by atoms with van der Waals surface area (Å²) in [5.41, 5.74) is 3.20. The van der Waals surface area contributed by atoms with E-state index >= 15 is 0 Å². The highest BCUT2D eigenvalue weighted by Gasteiger charge is 2.10. The van der Waals surface area contributed by atoms with Crippen LogP contribution in [-0.4, -0.2) is 15.7 Å². The van der Waals surface area contributed by atoms with Gasteiger partial charge in [-0.05, 0) is 37.3 Å². The summed E-state index contributed by atoms with van der Waals surface area (Å²) < 4.78 is 2.01. The zero-order valence-corrected chi connectivity index (χ0v) is 12.6. The van der Waals surface area contributed by atoms with Gasteiger partial charge in [-0.2, -0.15) is 0 Å². The van der Waals surface area contributed by atoms with E-state index in [9.17, 15) is 10.1 Å². The number of aromatic nitrogens is 1. The summed E-state index contributed by atoms with van der Waals surface area (Å²) in [5.74, 6) is 0. The molecule has 0 spiro atoms. The number of aliphatic imine (C=N–C) groups is 1. The van der Waals surface area contributed by atoms with Crippen molar-refractivity contribution in [2.45, 2.75) is 6.92 Å². The first-order valence-electron chi connectivity index (χ1n) is 7.17. The van der Waals surface area contributed by atoms with Gasteiger partial charge in [0.1, 0.15) is 0 Å². The Morgan fingerprint density at radius 1 is 1.09 bits per heavy atom. The van der Waals surface area contributed by atoms with Gasteiger partial charge in [0.2, 0.25) is 0 Å². The third kappa shape index (κ3) is 3.18. The van der Waals surface area contributed by atoms with Gasteiger partial charge in [-0.1, -0.05) is 24.3 Å². The van der Waals surface area contributed by atoms with Crippen molar-refractivity contribution in [1.29, 1.82) is 0 Å². The summed E-state index contributed by atoms with van der Waals surface area (Å²) in [6.45, 7) is 1.71. The number of nitrogens with zero attached hydrogens (tertiary/aromatic N) is 3. The molecule has 5 nitrogen and oxygen atoms in total. The zero-order valence-electron chi connectivity index (χ0n) is 12.6. The number of hydrogen-bond donors (Lipinski definition) is 0. The van der Waals surface area contributed by atoms with E-state index < -0.39 is 0 Å². The molecule has 5 heteroatoms. The zero-order chi connectivity index (χ0) is 16.2. The summed E-state index contributed by atoms with van der Waals surface area (Å²) in [7, 11) is 0. The monoisotopic (exact) mass is 305 g/mol. The third-order valence-electron chi connectivity index (χ3n) is 3.55. The fourth-order valence-electron chi connectivity index (χ4n) is 2.34. The smallest absolute Gasteiger partial charge is 0.274 e. The first-order chi connectivity index (χ1) is 11.1. The molecule has 0 amide bonds. The molecule has 2 aromatic carbocycles. The topological polar surface area (TPSA) is 60.4 Å². The number of rotatable bonds is 4. The van der Waals surface area contributed by atoms with Crippen molar-refractivity contribution in [3.8, 4) is 5.69 Å². The van der Waals surface area contributed by atoms with E-state index in [1.54, 1.807) is 25.3 Å². The minimum absolute atomic E-state index is 0.0816. The highest BCUT2D eigenvalue weighted by molar-refractivity contribution is 5.81. The number of para-hydroxylation sites is 1. The lowest BCUT2D eigenvalue weighted by Gasteiger charge is -2.05. The maximum Gasteiger partial charge on any atom is 0.274 e. The Morgan fingerprint density at radius 3 is 2.61 bits per heavy atom. The van der Waals surface area contributed by atoms with Gasteiger partial charge in [-0.15, -0.1) is 0 Å². The summed E-state index contributed by atoms with van der Waals surface area (Å²) in [6, 6.07) is 18.8. The van der Waals surface area contributed by atoms with Gasteiger partial charge in [0.05, 0.1) is 22.5 Å². The summed E-state index contributed by atoms with van der Waals surface area (Å²) in [6.07, 6.45) is 3.66.